The molecule has 0 amide bonds. The Bertz CT molecular complexity index is 176. The summed E-state index contributed by atoms with van der Waals surface area (Å²) in [5.74, 6) is -1.04. The molecule has 0 aliphatic heterocycles. The van der Waals surface area contributed by atoms with Crippen LogP contribution in [0.5, 0.6) is 0 Å². The van der Waals surface area contributed by atoms with E-state index in [0.717, 1.165) is 5.57 Å². The van der Waals surface area contributed by atoms with Crippen molar-refractivity contribution in [1.82, 2.24) is 0 Å². The first-order valence-electron chi connectivity index (χ1n) is 3.27. The Hall–Kier alpha value is -0.830. The molecule has 1 fully saturated rings. The van der Waals surface area contributed by atoms with Crippen molar-refractivity contribution in [3.8, 4) is 0 Å². The van der Waals surface area contributed by atoms with Crippen LogP contribution in [0.3, 0.4) is 0 Å². The fourth-order valence-electron chi connectivity index (χ4n) is 1.21. The maximum Gasteiger partial charge on any atom is 0.306 e. The quantitative estimate of drug-likeness (QED) is 0.518. The van der Waals surface area contributed by atoms with E-state index in [1.807, 2.05) is 0 Å². The first-order valence-corrected chi connectivity index (χ1v) is 3.27. The maximum absolute atomic E-state index is 10.4. The van der Waals surface area contributed by atoms with Gasteiger partial charge >= 0.3 is 5.97 Å². The molecule has 0 radical (unpaired) electrons. The third-order valence-corrected chi connectivity index (χ3v) is 1.92. The number of hydrogen-bond donors (Lipinski definition) is 2. The molecule has 3 heteroatoms. The van der Waals surface area contributed by atoms with Gasteiger partial charge in [-0.25, -0.2) is 0 Å². The minimum Gasteiger partial charge on any atom is -0.481 e. The van der Waals surface area contributed by atoms with E-state index in [4.69, 9.17) is 10.8 Å². The highest BCUT2D eigenvalue weighted by Gasteiger charge is 2.29. The van der Waals surface area contributed by atoms with E-state index in [1.165, 1.54) is 0 Å². The van der Waals surface area contributed by atoms with Crippen LogP contribution in [0, 0.1) is 5.92 Å². The number of nitrogens with two attached hydrogens (primary N) is 1. The lowest BCUT2D eigenvalue weighted by molar-refractivity contribution is -0.141. The first-order chi connectivity index (χ1) is 4.61. The number of rotatable bonds is 1. The van der Waals surface area contributed by atoms with Crippen molar-refractivity contribution in [2.75, 3.05) is 0 Å². The van der Waals surface area contributed by atoms with Crippen LogP contribution in [0.2, 0.25) is 0 Å². The fraction of sp³-hybridized carbons (Fsp3) is 0.571. The zero-order valence-corrected chi connectivity index (χ0v) is 5.71. The van der Waals surface area contributed by atoms with Crippen molar-refractivity contribution in [2.24, 2.45) is 11.7 Å². The molecule has 1 aliphatic rings. The third kappa shape index (κ3) is 1.19. The molecule has 1 aliphatic carbocycles. The second-order valence-electron chi connectivity index (χ2n) is 2.74. The Labute approximate surface area is 59.5 Å². The second-order valence-corrected chi connectivity index (χ2v) is 2.74. The van der Waals surface area contributed by atoms with Crippen molar-refractivity contribution >= 4 is 5.97 Å². The summed E-state index contributed by atoms with van der Waals surface area (Å²) in [6.07, 6.45) is 1.10. The number of carbonyl (C=O) groups is 1. The van der Waals surface area contributed by atoms with E-state index in [9.17, 15) is 4.79 Å². The zero-order chi connectivity index (χ0) is 7.72. The van der Waals surface area contributed by atoms with Crippen LogP contribution in [0.25, 0.3) is 0 Å². The minimum atomic E-state index is -0.755. The number of aliphatic carboxylic acids is 1. The molecule has 0 aromatic carbocycles. The van der Waals surface area contributed by atoms with Gasteiger partial charge in [0.2, 0.25) is 0 Å². The molecular formula is C7H11NO2. The molecule has 3 nitrogen and oxygen atoms in total. The zero-order valence-electron chi connectivity index (χ0n) is 5.71. The average molecular weight is 141 g/mol. The van der Waals surface area contributed by atoms with E-state index in [2.05, 4.69) is 6.58 Å². The third-order valence-electron chi connectivity index (χ3n) is 1.92. The first kappa shape index (κ1) is 7.28. The number of carboxylic acids is 1. The van der Waals surface area contributed by atoms with Gasteiger partial charge in [-0.15, -0.1) is 0 Å². The molecule has 0 bridgehead atoms. The summed E-state index contributed by atoms with van der Waals surface area (Å²) in [5, 5.41) is 8.55. The molecule has 2 atom stereocenters. The van der Waals surface area contributed by atoms with Gasteiger partial charge in [0.15, 0.2) is 0 Å². The van der Waals surface area contributed by atoms with Crippen molar-refractivity contribution in [3.05, 3.63) is 12.2 Å². The molecule has 10 heavy (non-hydrogen) atoms. The van der Waals surface area contributed by atoms with Crippen molar-refractivity contribution in [1.29, 1.82) is 0 Å². The van der Waals surface area contributed by atoms with E-state index < -0.39 is 5.97 Å². The molecule has 0 aromatic heterocycles. The standard InChI is InChI=1S/C7H11NO2/c1-4-2-5(7(9)10)3-6(4)8/h5-6H,1-3,8H2,(H,9,10)/t5-,6+/m0/s1. The summed E-state index contributed by atoms with van der Waals surface area (Å²) in [6.45, 7) is 3.68. The molecule has 0 aromatic rings. The normalized spacial score (nSPS) is 32.7. The van der Waals surface area contributed by atoms with Gasteiger partial charge in [0, 0.05) is 6.04 Å². The van der Waals surface area contributed by atoms with Crippen LogP contribution in [0.4, 0.5) is 0 Å². The molecule has 0 saturated heterocycles. The Morgan fingerprint density at radius 3 is 2.60 bits per heavy atom. The van der Waals surface area contributed by atoms with Crippen LogP contribution in [0.15, 0.2) is 12.2 Å². The smallest absolute Gasteiger partial charge is 0.306 e. The number of hydrogen-bond acceptors (Lipinski definition) is 2. The molecule has 0 heterocycles. The molecule has 3 N–H and O–H groups in total. The van der Waals surface area contributed by atoms with E-state index in [0.29, 0.717) is 12.8 Å². The van der Waals surface area contributed by atoms with Crippen molar-refractivity contribution in [3.63, 3.8) is 0 Å². The largest absolute Gasteiger partial charge is 0.481 e. The molecule has 1 rings (SSSR count). The predicted octanol–water partition coefficient (Wildman–Crippen LogP) is 0.365. The van der Waals surface area contributed by atoms with Gasteiger partial charge in [-0.2, -0.15) is 0 Å². The van der Waals surface area contributed by atoms with E-state index in [1.54, 1.807) is 0 Å². The lowest BCUT2D eigenvalue weighted by Gasteiger charge is -1.99. The van der Waals surface area contributed by atoms with Crippen LogP contribution >= 0.6 is 0 Å². The molecule has 56 valence electrons. The molecule has 0 spiro atoms. The highest BCUT2D eigenvalue weighted by molar-refractivity contribution is 5.71. The van der Waals surface area contributed by atoms with Crippen LogP contribution in [-0.2, 0) is 4.79 Å². The van der Waals surface area contributed by atoms with Gasteiger partial charge in [-0.1, -0.05) is 12.2 Å². The summed E-state index contributed by atoms with van der Waals surface area (Å²) in [6, 6.07) is -0.0962. The fourth-order valence-corrected chi connectivity index (χ4v) is 1.21. The van der Waals surface area contributed by atoms with Gasteiger partial charge in [-0.3, -0.25) is 4.79 Å². The Morgan fingerprint density at radius 1 is 1.80 bits per heavy atom. The minimum absolute atomic E-state index is 0.0962. The molecule has 1 saturated carbocycles. The molecule has 0 unspecified atom stereocenters. The van der Waals surface area contributed by atoms with Gasteiger partial charge in [0.25, 0.3) is 0 Å². The van der Waals surface area contributed by atoms with Gasteiger partial charge in [0.05, 0.1) is 5.92 Å². The van der Waals surface area contributed by atoms with Crippen LogP contribution in [0.1, 0.15) is 12.8 Å². The second kappa shape index (κ2) is 2.42. The SMILES string of the molecule is C=C1C[C@H](C(=O)O)C[C@H]1N. The predicted molar refractivity (Wildman–Crippen MR) is 37.5 cm³/mol. The van der Waals surface area contributed by atoms with Gasteiger partial charge in [-0.05, 0) is 12.8 Å². The lowest BCUT2D eigenvalue weighted by atomic mass is 10.1. The summed E-state index contributed by atoms with van der Waals surface area (Å²) in [4.78, 5) is 10.4. The summed E-state index contributed by atoms with van der Waals surface area (Å²) >= 11 is 0. The van der Waals surface area contributed by atoms with Gasteiger partial charge in [0.1, 0.15) is 0 Å². The van der Waals surface area contributed by atoms with Crippen molar-refractivity contribution in [2.45, 2.75) is 18.9 Å². The lowest BCUT2D eigenvalue weighted by Crippen LogP contribution is -2.18. The van der Waals surface area contributed by atoms with E-state index >= 15 is 0 Å². The van der Waals surface area contributed by atoms with Gasteiger partial charge < -0.3 is 10.8 Å². The topological polar surface area (TPSA) is 63.3 Å². The van der Waals surface area contributed by atoms with E-state index in [-0.39, 0.29) is 12.0 Å². The Morgan fingerprint density at radius 2 is 2.40 bits per heavy atom. The van der Waals surface area contributed by atoms with Crippen LogP contribution in [-0.4, -0.2) is 17.1 Å². The highest BCUT2D eigenvalue weighted by atomic mass is 16.4. The van der Waals surface area contributed by atoms with Crippen molar-refractivity contribution < 1.29 is 9.90 Å². The average Bonchev–Trinajstić information content (AvgIpc) is 2.13. The summed E-state index contributed by atoms with van der Waals surface area (Å²) in [7, 11) is 0. The number of carboxylic acid groups (broad SMARTS) is 1. The highest BCUT2D eigenvalue weighted by Crippen LogP contribution is 2.27. The monoisotopic (exact) mass is 141 g/mol. The maximum atomic E-state index is 10.4. The Balaban J connectivity index is 2.57. The molecular weight excluding hydrogens is 130 g/mol. The summed E-state index contributed by atoms with van der Waals surface area (Å²) in [5.41, 5.74) is 6.41. The Kier molecular flexibility index (Phi) is 1.76. The van der Waals surface area contributed by atoms with Crippen LogP contribution < -0.4 is 5.73 Å². The summed E-state index contributed by atoms with van der Waals surface area (Å²) < 4.78 is 0.